The second-order valence-electron chi connectivity index (χ2n) is 6.93. The first-order valence-corrected chi connectivity index (χ1v) is 9.18. The van der Waals surface area contributed by atoms with E-state index >= 15 is 0 Å². The van der Waals surface area contributed by atoms with Crippen molar-refractivity contribution in [2.24, 2.45) is 5.92 Å². The van der Waals surface area contributed by atoms with E-state index in [2.05, 4.69) is 12.2 Å². The Morgan fingerprint density at radius 1 is 1.29 bits per heavy atom. The third-order valence-electron chi connectivity index (χ3n) is 5.17. The lowest BCUT2D eigenvalue weighted by atomic mass is 9.82. The van der Waals surface area contributed by atoms with Gasteiger partial charge in [0.25, 0.3) is 0 Å². The van der Waals surface area contributed by atoms with Crippen LogP contribution in [0.2, 0.25) is 0 Å². The van der Waals surface area contributed by atoms with E-state index in [4.69, 9.17) is 4.74 Å². The molecule has 0 spiro atoms. The Balaban J connectivity index is 1.94. The Hall–Kier alpha value is -1.55. The van der Waals surface area contributed by atoms with E-state index in [1.807, 2.05) is 24.3 Å². The third-order valence-corrected chi connectivity index (χ3v) is 5.17. The van der Waals surface area contributed by atoms with Crippen LogP contribution in [0.25, 0.3) is 0 Å². The van der Waals surface area contributed by atoms with E-state index in [9.17, 15) is 9.90 Å². The predicted octanol–water partition coefficient (Wildman–Crippen LogP) is 3.64. The molecule has 2 rings (SSSR count). The van der Waals surface area contributed by atoms with Gasteiger partial charge in [0.1, 0.15) is 5.75 Å². The Morgan fingerprint density at radius 2 is 2.00 bits per heavy atom. The molecule has 2 N–H and O–H groups in total. The Morgan fingerprint density at radius 3 is 2.67 bits per heavy atom. The monoisotopic (exact) mass is 333 g/mol. The lowest BCUT2D eigenvalue weighted by molar-refractivity contribution is -0.122. The minimum absolute atomic E-state index is 0.0671. The van der Waals surface area contributed by atoms with E-state index in [1.165, 1.54) is 19.3 Å². The second-order valence-corrected chi connectivity index (χ2v) is 6.93. The number of carbonyl (C=O) groups is 1. The molecule has 0 bridgehead atoms. The van der Waals surface area contributed by atoms with E-state index in [1.54, 1.807) is 7.11 Å². The van der Waals surface area contributed by atoms with Crippen LogP contribution < -0.4 is 10.1 Å². The quantitative estimate of drug-likeness (QED) is 0.763. The Bertz CT molecular complexity index is 511. The Kier molecular flexibility index (Phi) is 7.57. The van der Waals surface area contributed by atoms with E-state index < -0.39 is 0 Å². The van der Waals surface area contributed by atoms with E-state index in [0.29, 0.717) is 18.8 Å². The average Bonchev–Trinajstić information content (AvgIpc) is 2.62. The van der Waals surface area contributed by atoms with Gasteiger partial charge in [-0.2, -0.15) is 0 Å². The van der Waals surface area contributed by atoms with Gasteiger partial charge in [-0.05, 0) is 42.7 Å². The molecule has 1 fully saturated rings. The van der Waals surface area contributed by atoms with Crippen molar-refractivity contribution in [2.45, 2.75) is 63.8 Å². The molecule has 0 radical (unpaired) electrons. The number of ether oxygens (including phenoxy) is 1. The van der Waals surface area contributed by atoms with Crippen molar-refractivity contribution in [3.63, 3.8) is 0 Å². The maximum Gasteiger partial charge on any atom is 0.220 e. The minimum atomic E-state index is 0.0671. The molecule has 0 aromatic heterocycles. The number of aliphatic hydroxyl groups excluding tert-OH is 1. The molecule has 2 atom stereocenters. The summed E-state index contributed by atoms with van der Waals surface area (Å²) in [7, 11) is 1.66. The van der Waals surface area contributed by atoms with Crippen molar-refractivity contribution in [1.29, 1.82) is 0 Å². The van der Waals surface area contributed by atoms with Gasteiger partial charge in [-0.25, -0.2) is 0 Å². The maximum absolute atomic E-state index is 12.5. The molecular formula is C20H31NO3. The molecule has 1 aliphatic rings. The summed E-state index contributed by atoms with van der Waals surface area (Å²) in [4.78, 5) is 12.5. The van der Waals surface area contributed by atoms with Crippen LogP contribution >= 0.6 is 0 Å². The van der Waals surface area contributed by atoms with Gasteiger partial charge in [-0.1, -0.05) is 44.4 Å². The zero-order valence-electron chi connectivity index (χ0n) is 15.0. The van der Waals surface area contributed by atoms with E-state index in [-0.39, 0.29) is 24.5 Å². The summed E-state index contributed by atoms with van der Waals surface area (Å²) in [5.74, 6) is 1.51. The highest BCUT2D eigenvalue weighted by Crippen LogP contribution is 2.30. The second kappa shape index (κ2) is 9.67. The molecule has 1 saturated carbocycles. The fourth-order valence-corrected chi connectivity index (χ4v) is 3.83. The zero-order valence-corrected chi connectivity index (χ0v) is 15.0. The number of carbonyl (C=O) groups excluding carboxylic acids is 1. The van der Waals surface area contributed by atoms with Crippen molar-refractivity contribution in [3.05, 3.63) is 29.8 Å². The van der Waals surface area contributed by atoms with Crippen LogP contribution in [-0.4, -0.2) is 30.8 Å². The number of rotatable bonds is 8. The van der Waals surface area contributed by atoms with Crippen molar-refractivity contribution in [2.75, 3.05) is 13.7 Å². The fourth-order valence-electron chi connectivity index (χ4n) is 3.83. The number of amides is 1. The SMILES string of the molecule is COc1ccccc1C(C)CC(=O)NC(CCO)C1CCCCC1. The standard InChI is InChI=1S/C20H31NO3/c1-15(17-10-6-7-11-19(17)24-2)14-20(23)21-18(12-13-22)16-8-4-3-5-9-16/h6-7,10-11,15-16,18,22H,3-5,8-9,12-14H2,1-2H3,(H,21,23). The van der Waals surface area contributed by atoms with Crippen molar-refractivity contribution >= 4 is 5.91 Å². The third kappa shape index (κ3) is 5.23. The van der Waals surface area contributed by atoms with Crippen molar-refractivity contribution in [1.82, 2.24) is 5.32 Å². The van der Waals surface area contributed by atoms with Gasteiger partial charge in [0, 0.05) is 19.1 Å². The summed E-state index contributed by atoms with van der Waals surface area (Å²) >= 11 is 0. The number of para-hydroxylation sites is 1. The van der Waals surface area contributed by atoms with E-state index in [0.717, 1.165) is 24.2 Å². The highest BCUT2D eigenvalue weighted by molar-refractivity contribution is 5.77. The first-order chi connectivity index (χ1) is 11.7. The average molecular weight is 333 g/mol. The molecule has 134 valence electrons. The normalized spacial score (nSPS) is 18.0. The van der Waals surface area contributed by atoms with Crippen LogP contribution in [0.5, 0.6) is 5.75 Å². The highest BCUT2D eigenvalue weighted by Gasteiger charge is 2.25. The molecule has 1 aliphatic carbocycles. The zero-order chi connectivity index (χ0) is 17.4. The van der Waals surface area contributed by atoms with Gasteiger partial charge in [0.2, 0.25) is 5.91 Å². The number of methoxy groups -OCH3 is 1. The number of hydrogen-bond donors (Lipinski definition) is 2. The van der Waals surface area contributed by atoms with Gasteiger partial charge in [-0.3, -0.25) is 4.79 Å². The van der Waals surface area contributed by atoms with Gasteiger partial charge < -0.3 is 15.2 Å². The fraction of sp³-hybridized carbons (Fsp3) is 0.650. The maximum atomic E-state index is 12.5. The summed E-state index contributed by atoms with van der Waals surface area (Å²) in [6.45, 7) is 2.18. The Labute approximate surface area is 145 Å². The van der Waals surface area contributed by atoms with Crippen LogP contribution in [0.3, 0.4) is 0 Å². The van der Waals surface area contributed by atoms with Crippen molar-refractivity contribution < 1.29 is 14.6 Å². The highest BCUT2D eigenvalue weighted by atomic mass is 16.5. The van der Waals surface area contributed by atoms with Gasteiger partial charge >= 0.3 is 0 Å². The molecule has 1 aromatic rings. The van der Waals surface area contributed by atoms with Crippen LogP contribution in [-0.2, 0) is 4.79 Å². The molecule has 4 heteroatoms. The molecule has 1 aromatic carbocycles. The van der Waals surface area contributed by atoms with Gasteiger partial charge in [-0.15, -0.1) is 0 Å². The molecule has 4 nitrogen and oxygen atoms in total. The molecule has 2 unspecified atom stereocenters. The molecule has 0 saturated heterocycles. The molecule has 1 amide bonds. The first-order valence-electron chi connectivity index (χ1n) is 9.18. The van der Waals surface area contributed by atoms with Gasteiger partial charge in [0.05, 0.1) is 7.11 Å². The van der Waals surface area contributed by atoms with Crippen LogP contribution in [0.15, 0.2) is 24.3 Å². The summed E-state index contributed by atoms with van der Waals surface area (Å²) in [6.07, 6.45) is 7.18. The summed E-state index contributed by atoms with van der Waals surface area (Å²) in [5.41, 5.74) is 1.06. The molecule has 24 heavy (non-hydrogen) atoms. The lowest BCUT2D eigenvalue weighted by Gasteiger charge is -2.31. The van der Waals surface area contributed by atoms with Crippen LogP contribution in [0, 0.1) is 5.92 Å². The summed E-state index contributed by atoms with van der Waals surface area (Å²) < 4.78 is 5.40. The summed E-state index contributed by atoms with van der Waals surface area (Å²) in [5, 5.41) is 12.5. The topological polar surface area (TPSA) is 58.6 Å². The number of hydrogen-bond acceptors (Lipinski definition) is 3. The smallest absolute Gasteiger partial charge is 0.220 e. The number of aliphatic hydroxyl groups is 1. The van der Waals surface area contributed by atoms with Gasteiger partial charge in [0.15, 0.2) is 0 Å². The van der Waals surface area contributed by atoms with Crippen molar-refractivity contribution in [3.8, 4) is 5.75 Å². The minimum Gasteiger partial charge on any atom is -0.496 e. The molecule has 0 aliphatic heterocycles. The molecule has 0 heterocycles. The number of nitrogens with one attached hydrogen (secondary N) is 1. The molecular weight excluding hydrogens is 302 g/mol. The first kappa shape index (κ1) is 18.8. The summed E-state index contributed by atoms with van der Waals surface area (Å²) in [6, 6.07) is 7.97. The number of benzene rings is 1. The van der Waals surface area contributed by atoms with Crippen LogP contribution in [0.4, 0.5) is 0 Å². The predicted molar refractivity (Wildman–Crippen MR) is 96.2 cm³/mol. The van der Waals surface area contributed by atoms with Crippen LogP contribution in [0.1, 0.15) is 63.4 Å². The largest absolute Gasteiger partial charge is 0.496 e. The lowest BCUT2D eigenvalue weighted by Crippen LogP contribution is -2.42.